The van der Waals surface area contributed by atoms with Gasteiger partial charge in [-0.2, -0.15) is 0 Å². The van der Waals surface area contributed by atoms with Crippen LogP contribution >= 0.6 is 11.8 Å². The Morgan fingerprint density at radius 3 is 2.56 bits per heavy atom. The van der Waals surface area contributed by atoms with Crippen LogP contribution in [0, 0.1) is 0 Å². The van der Waals surface area contributed by atoms with Gasteiger partial charge >= 0.3 is 0 Å². The monoisotopic (exact) mass is 284 g/mol. The number of ether oxygens (including phenoxy) is 1. The van der Waals surface area contributed by atoms with Crippen molar-refractivity contribution in [1.29, 1.82) is 0 Å². The van der Waals surface area contributed by atoms with Gasteiger partial charge in [-0.05, 0) is 41.5 Å². The number of benzene rings is 1. The fourth-order valence-electron chi connectivity index (χ4n) is 1.39. The molecule has 0 aliphatic rings. The molecule has 0 amide bonds. The van der Waals surface area contributed by atoms with E-state index in [1.807, 2.05) is 36.6 Å². The van der Waals surface area contributed by atoms with E-state index in [1.54, 1.807) is 6.26 Å². The predicted molar refractivity (Wildman–Crippen MR) is 82.4 cm³/mol. The summed E-state index contributed by atoms with van der Waals surface area (Å²) in [4.78, 5) is 0. The van der Waals surface area contributed by atoms with Gasteiger partial charge in [-0.25, -0.2) is 0 Å². The molecule has 0 radical (unpaired) electrons. The van der Waals surface area contributed by atoms with E-state index < -0.39 is 11.2 Å². The Bertz CT molecular complexity index is 372. The molecular weight excluding hydrogens is 264 g/mol. The van der Waals surface area contributed by atoms with E-state index in [0.29, 0.717) is 0 Å². The average Bonchev–Trinajstić information content (AvgIpc) is 2.37. The van der Waals surface area contributed by atoms with Crippen molar-refractivity contribution in [2.75, 3.05) is 19.1 Å². The molecule has 1 atom stereocenters. The van der Waals surface area contributed by atoms with Crippen molar-refractivity contribution in [3.63, 3.8) is 0 Å². The van der Waals surface area contributed by atoms with E-state index >= 15 is 0 Å². The fourth-order valence-corrected chi connectivity index (χ4v) is 2.88. The van der Waals surface area contributed by atoms with Crippen molar-refractivity contribution < 1.29 is 9.29 Å². The Balaban J connectivity index is 2.64. The first-order valence-corrected chi connectivity index (χ1v) is 8.77. The molecule has 4 heteroatoms. The van der Waals surface area contributed by atoms with Crippen LogP contribution in [-0.4, -0.2) is 23.7 Å². The van der Waals surface area contributed by atoms with Crippen molar-refractivity contribution in [2.24, 2.45) is 0 Å². The quantitative estimate of drug-likeness (QED) is 0.562. The lowest BCUT2D eigenvalue weighted by molar-refractivity contribution is 0.309. The molecule has 0 N–H and O–H groups in total. The lowest BCUT2D eigenvalue weighted by Crippen LogP contribution is -1.97. The van der Waals surface area contributed by atoms with E-state index in [9.17, 15) is 4.55 Å². The van der Waals surface area contributed by atoms with Gasteiger partial charge in [0.2, 0.25) is 0 Å². The third kappa shape index (κ3) is 5.38. The van der Waals surface area contributed by atoms with E-state index in [0.717, 1.165) is 35.0 Å². The van der Waals surface area contributed by atoms with Crippen LogP contribution in [0.25, 0.3) is 6.08 Å². The van der Waals surface area contributed by atoms with Crippen molar-refractivity contribution in [2.45, 2.75) is 19.8 Å². The van der Waals surface area contributed by atoms with Gasteiger partial charge in [0.05, 0.1) is 6.61 Å². The van der Waals surface area contributed by atoms with Gasteiger partial charge in [-0.15, -0.1) is 0 Å². The molecule has 0 spiro atoms. The molecule has 0 aliphatic heterocycles. The number of unbranched alkanes of at least 4 members (excludes halogenated alkanes) is 1. The zero-order valence-electron chi connectivity index (χ0n) is 11.1. The summed E-state index contributed by atoms with van der Waals surface area (Å²) in [7, 11) is 0. The Labute approximate surface area is 117 Å². The molecule has 0 bridgehead atoms. The molecule has 1 aromatic carbocycles. The van der Waals surface area contributed by atoms with Gasteiger partial charge in [-0.1, -0.05) is 37.2 Å². The minimum Gasteiger partial charge on any atom is -0.611 e. The molecule has 2 nitrogen and oxygen atoms in total. The average molecular weight is 284 g/mol. The van der Waals surface area contributed by atoms with Gasteiger partial charge in [0.25, 0.3) is 0 Å². The molecule has 0 heterocycles. The summed E-state index contributed by atoms with van der Waals surface area (Å²) in [5.41, 5.74) is 1.05. The normalized spacial score (nSPS) is 13.4. The molecular formula is C14H20O2S2. The SMILES string of the molecule is CCCCOc1ccc(C=C(SC)[S+](C)[O-])cc1. The molecule has 0 saturated heterocycles. The standard InChI is InChI=1S/C14H20O2S2/c1-4-5-10-16-13-8-6-12(7-9-13)11-14(17-2)18(3)15/h6-9,11H,4-5,10H2,1-3H3. The zero-order chi connectivity index (χ0) is 13.4. The van der Waals surface area contributed by atoms with E-state index in [2.05, 4.69) is 6.92 Å². The second kappa shape index (κ2) is 8.51. The largest absolute Gasteiger partial charge is 0.611 e. The Kier molecular flexibility index (Phi) is 7.32. The molecule has 0 fully saturated rings. The highest BCUT2D eigenvalue weighted by Crippen LogP contribution is 2.22. The van der Waals surface area contributed by atoms with Crippen LogP contribution in [0.3, 0.4) is 0 Å². The van der Waals surface area contributed by atoms with Crippen LogP contribution < -0.4 is 4.74 Å². The lowest BCUT2D eigenvalue weighted by Gasteiger charge is -2.07. The Morgan fingerprint density at radius 2 is 2.06 bits per heavy atom. The lowest BCUT2D eigenvalue weighted by atomic mass is 10.2. The van der Waals surface area contributed by atoms with Crippen molar-refractivity contribution in [3.8, 4) is 5.75 Å². The molecule has 1 unspecified atom stereocenters. The first kappa shape index (κ1) is 15.5. The molecule has 0 aromatic heterocycles. The summed E-state index contributed by atoms with van der Waals surface area (Å²) < 4.78 is 17.9. The second-order valence-electron chi connectivity index (χ2n) is 3.89. The molecule has 1 rings (SSSR count). The minimum absolute atomic E-state index is 0.765. The van der Waals surface area contributed by atoms with Crippen LogP contribution in [0.1, 0.15) is 25.3 Å². The van der Waals surface area contributed by atoms with E-state index in [-0.39, 0.29) is 0 Å². The molecule has 18 heavy (non-hydrogen) atoms. The van der Waals surface area contributed by atoms with Crippen molar-refractivity contribution in [1.82, 2.24) is 0 Å². The summed E-state index contributed by atoms with van der Waals surface area (Å²) in [6, 6.07) is 7.89. The van der Waals surface area contributed by atoms with E-state index in [1.165, 1.54) is 11.8 Å². The molecule has 100 valence electrons. The highest BCUT2D eigenvalue weighted by atomic mass is 32.3. The first-order chi connectivity index (χ1) is 8.67. The summed E-state index contributed by atoms with van der Waals surface area (Å²) in [5, 5.41) is 0. The zero-order valence-corrected chi connectivity index (χ0v) is 12.8. The van der Waals surface area contributed by atoms with Gasteiger partial charge < -0.3 is 9.29 Å². The minimum atomic E-state index is -0.922. The summed E-state index contributed by atoms with van der Waals surface area (Å²) >= 11 is 0.601. The van der Waals surface area contributed by atoms with Crippen LogP contribution in [0.2, 0.25) is 0 Å². The second-order valence-corrected chi connectivity index (χ2v) is 6.35. The van der Waals surface area contributed by atoms with Crippen LogP contribution in [0.15, 0.2) is 28.5 Å². The summed E-state index contributed by atoms with van der Waals surface area (Å²) in [5.74, 6) is 0.893. The maximum Gasteiger partial charge on any atom is 0.186 e. The third-order valence-corrected chi connectivity index (χ3v) is 4.82. The smallest absolute Gasteiger partial charge is 0.186 e. The number of rotatable bonds is 7. The molecule has 0 saturated carbocycles. The van der Waals surface area contributed by atoms with Gasteiger partial charge in [0.15, 0.2) is 4.24 Å². The highest BCUT2D eigenvalue weighted by Gasteiger charge is 2.06. The Hall–Kier alpha value is -0.580. The molecule has 0 aliphatic carbocycles. The van der Waals surface area contributed by atoms with Crippen LogP contribution in [0.5, 0.6) is 5.75 Å². The summed E-state index contributed by atoms with van der Waals surface area (Å²) in [6.45, 7) is 2.91. The number of thioether (sulfide) groups is 1. The number of hydrogen-bond acceptors (Lipinski definition) is 3. The number of hydrogen-bond donors (Lipinski definition) is 0. The van der Waals surface area contributed by atoms with Crippen molar-refractivity contribution >= 4 is 29.0 Å². The maximum atomic E-state index is 11.4. The Morgan fingerprint density at radius 1 is 1.39 bits per heavy atom. The van der Waals surface area contributed by atoms with Crippen LogP contribution in [-0.2, 0) is 11.2 Å². The van der Waals surface area contributed by atoms with Gasteiger partial charge in [0.1, 0.15) is 12.0 Å². The molecule has 1 aromatic rings. The third-order valence-electron chi connectivity index (χ3n) is 2.42. The van der Waals surface area contributed by atoms with E-state index in [4.69, 9.17) is 4.74 Å². The fraction of sp³-hybridized carbons (Fsp3) is 0.429. The van der Waals surface area contributed by atoms with Crippen LogP contribution in [0.4, 0.5) is 0 Å². The highest BCUT2D eigenvalue weighted by molar-refractivity contribution is 8.18. The first-order valence-electron chi connectivity index (χ1n) is 5.99. The van der Waals surface area contributed by atoms with Gasteiger partial charge in [-0.3, -0.25) is 0 Å². The summed E-state index contributed by atoms with van der Waals surface area (Å²) in [6.07, 6.45) is 7.81. The maximum absolute atomic E-state index is 11.4. The van der Waals surface area contributed by atoms with Gasteiger partial charge in [0, 0.05) is 6.08 Å². The predicted octanol–water partition coefficient (Wildman–Crippen LogP) is 3.91. The topological polar surface area (TPSA) is 32.3 Å². The van der Waals surface area contributed by atoms with Crippen molar-refractivity contribution in [3.05, 3.63) is 34.1 Å².